The molecule has 0 saturated heterocycles. The van der Waals surface area contributed by atoms with E-state index < -0.39 is 0 Å². The third-order valence-electron chi connectivity index (χ3n) is 11.1. The molecule has 1 aromatic carbocycles. The van der Waals surface area contributed by atoms with Crippen molar-refractivity contribution in [2.45, 2.75) is 137 Å². The van der Waals surface area contributed by atoms with Crippen LogP contribution in [0.3, 0.4) is 0 Å². The lowest BCUT2D eigenvalue weighted by Gasteiger charge is -2.52. The second kappa shape index (κ2) is 15.0. The predicted octanol–water partition coefficient (Wildman–Crippen LogP) is 8.67. The first-order valence-electron chi connectivity index (χ1n) is 16.4. The van der Waals surface area contributed by atoms with E-state index in [1.807, 2.05) is 0 Å². The van der Waals surface area contributed by atoms with E-state index in [1.165, 1.54) is 24.8 Å². The number of Topliss-reactive ketones (excluding diaryl/α,β-unsaturated/α-hetero) is 1. The minimum Gasteiger partial charge on any atom is -0.494 e. The zero-order valence-corrected chi connectivity index (χ0v) is 26.1. The fraction of sp³-hybridized carbons (Fsp3) is 0.800. The Labute approximate surface area is 240 Å². The number of hydrogen-bond acceptors (Lipinski definition) is 4. The van der Waals surface area contributed by atoms with Gasteiger partial charge < -0.3 is 15.2 Å². The van der Waals surface area contributed by atoms with Gasteiger partial charge in [0, 0.05) is 31.0 Å². The van der Waals surface area contributed by atoms with Crippen LogP contribution >= 0.6 is 0 Å². The maximum absolute atomic E-state index is 13.1. The van der Waals surface area contributed by atoms with Gasteiger partial charge in [0.05, 0.1) is 6.61 Å². The second-order valence-electron chi connectivity index (χ2n) is 13.0. The van der Waals surface area contributed by atoms with Gasteiger partial charge >= 0.3 is 0 Å². The van der Waals surface area contributed by atoms with Crippen LogP contribution in [0.4, 0.5) is 0 Å². The van der Waals surface area contributed by atoms with Crippen LogP contribution in [0.15, 0.2) is 24.3 Å². The van der Waals surface area contributed by atoms with E-state index in [1.54, 1.807) is 0 Å². The number of ketones is 1. The largest absolute Gasteiger partial charge is 0.494 e. The molecule has 5 unspecified atom stereocenters. The lowest BCUT2D eigenvalue weighted by atomic mass is 9.53. The van der Waals surface area contributed by atoms with E-state index in [4.69, 9.17) is 4.74 Å². The molecule has 2 aliphatic rings. The van der Waals surface area contributed by atoms with E-state index in [-0.39, 0.29) is 23.4 Å². The lowest BCUT2D eigenvalue weighted by Crippen LogP contribution is -2.45. The van der Waals surface area contributed by atoms with Crippen LogP contribution in [-0.2, 0) is 4.79 Å². The zero-order chi connectivity index (χ0) is 28.5. The summed E-state index contributed by atoms with van der Waals surface area (Å²) in [5.41, 5.74) is 1.61. The first-order valence-corrected chi connectivity index (χ1v) is 16.4. The monoisotopic (exact) mass is 541 g/mol. The summed E-state index contributed by atoms with van der Waals surface area (Å²) in [6, 6.07) is 9.62. The van der Waals surface area contributed by atoms with E-state index in [9.17, 15) is 9.90 Å². The molecule has 1 aromatic rings. The molecular formula is C35H59NO3. The molecule has 6 atom stereocenters. The van der Waals surface area contributed by atoms with Crippen LogP contribution in [0.1, 0.15) is 137 Å². The van der Waals surface area contributed by atoms with Gasteiger partial charge in [0.25, 0.3) is 0 Å². The quantitative estimate of drug-likeness (QED) is 0.220. The van der Waals surface area contributed by atoms with Crippen LogP contribution in [0.2, 0.25) is 0 Å². The average molecular weight is 542 g/mol. The smallest absolute Gasteiger partial charge is 0.136 e. The maximum Gasteiger partial charge on any atom is 0.136 e. The zero-order valence-electron chi connectivity index (χ0n) is 26.1. The van der Waals surface area contributed by atoms with Gasteiger partial charge in [-0.1, -0.05) is 66.5 Å². The number of nitrogens with one attached hydrogen (secondary N) is 1. The summed E-state index contributed by atoms with van der Waals surface area (Å²) in [6.45, 7) is 14.7. The first kappa shape index (κ1) is 32.1. The number of aliphatic hydroxyl groups is 1. The number of hydrogen-bond donors (Lipinski definition) is 2. The Morgan fingerprint density at radius 3 is 2.54 bits per heavy atom. The van der Waals surface area contributed by atoms with E-state index in [0.29, 0.717) is 36.3 Å². The van der Waals surface area contributed by atoms with Crippen molar-refractivity contribution in [3.05, 3.63) is 29.8 Å². The Kier molecular flexibility index (Phi) is 12.4. The van der Waals surface area contributed by atoms with Crippen molar-refractivity contribution in [2.24, 2.45) is 28.6 Å². The molecule has 39 heavy (non-hydrogen) atoms. The number of aliphatic hydroxyl groups excluding tert-OH is 1. The van der Waals surface area contributed by atoms with Gasteiger partial charge in [-0.3, -0.25) is 4.79 Å². The number of ether oxygens (including phenoxy) is 1. The normalized spacial score (nSPS) is 30.2. The van der Waals surface area contributed by atoms with Gasteiger partial charge in [0.15, 0.2) is 0 Å². The Balaban J connectivity index is 1.76. The van der Waals surface area contributed by atoms with Gasteiger partial charge in [-0.05, 0) is 105 Å². The van der Waals surface area contributed by atoms with Crippen LogP contribution in [0, 0.1) is 28.6 Å². The highest BCUT2D eigenvalue weighted by Crippen LogP contribution is 2.59. The number of carbonyl (C=O) groups excluding carboxylic acids is 1. The maximum atomic E-state index is 13.1. The molecule has 0 aromatic heterocycles. The van der Waals surface area contributed by atoms with Crippen LogP contribution in [0.25, 0.3) is 0 Å². The molecule has 222 valence electrons. The molecule has 4 heteroatoms. The molecule has 0 radical (unpaired) electrons. The van der Waals surface area contributed by atoms with Crippen molar-refractivity contribution in [2.75, 3.05) is 13.2 Å². The molecule has 0 aliphatic heterocycles. The lowest BCUT2D eigenvalue weighted by molar-refractivity contribution is -0.124. The van der Waals surface area contributed by atoms with Crippen LogP contribution < -0.4 is 10.1 Å². The summed E-state index contributed by atoms with van der Waals surface area (Å²) >= 11 is 0. The molecule has 4 nitrogen and oxygen atoms in total. The van der Waals surface area contributed by atoms with Gasteiger partial charge in [0.2, 0.25) is 0 Å². The molecule has 3 rings (SSSR count). The summed E-state index contributed by atoms with van der Waals surface area (Å²) in [6.07, 6.45) is 13.8. The summed E-state index contributed by atoms with van der Waals surface area (Å²) in [5, 5.41) is 13.6. The molecular weight excluding hydrogens is 482 g/mol. The summed E-state index contributed by atoms with van der Waals surface area (Å²) < 4.78 is 6.50. The van der Waals surface area contributed by atoms with Crippen molar-refractivity contribution in [3.63, 3.8) is 0 Å². The van der Waals surface area contributed by atoms with E-state index in [2.05, 4.69) is 71.1 Å². The number of rotatable bonds is 16. The first-order chi connectivity index (χ1) is 18.8. The Bertz CT molecular complexity index is 882. The fourth-order valence-electron chi connectivity index (χ4n) is 8.43. The Morgan fingerprint density at radius 2 is 1.90 bits per heavy atom. The molecule has 0 bridgehead atoms. The minimum absolute atomic E-state index is 0.0475. The molecule has 2 fully saturated rings. The van der Waals surface area contributed by atoms with Crippen molar-refractivity contribution in [1.29, 1.82) is 0 Å². The highest BCUT2D eigenvalue weighted by molar-refractivity contribution is 5.84. The Morgan fingerprint density at radius 1 is 1.13 bits per heavy atom. The van der Waals surface area contributed by atoms with E-state index >= 15 is 0 Å². The third kappa shape index (κ3) is 7.47. The fourth-order valence-corrected chi connectivity index (χ4v) is 8.43. The molecule has 0 amide bonds. The van der Waals surface area contributed by atoms with Crippen molar-refractivity contribution in [1.82, 2.24) is 5.32 Å². The molecule has 0 spiro atoms. The van der Waals surface area contributed by atoms with Gasteiger partial charge in [0.1, 0.15) is 11.5 Å². The highest BCUT2D eigenvalue weighted by Gasteiger charge is 2.54. The number of carbonyl (C=O) groups is 1. The second-order valence-corrected chi connectivity index (χ2v) is 13.0. The molecule has 0 heterocycles. The minimum atomic E-state index is 0.0475. The third-order valence-corrected chi connectivity index (χ3v) is 11.1. The SMILES string of the molecule is CCCC(NC(CC)CC)c1cccc(OCCC2(C3CCC(CCO)[C@](C)(CC)C3)CCC(=O)C2CC)c1. The topological polar surface area (TPSA) is 58.6 Å². The average Bonchev–Trinajstić information content (AvgIpc) is 3.28. The van der Waals surface area contributed by atoms with Crippen molar-refractivity contribution in [3.8, 4) is 5.75 Å². The van der Waals surface area contributed by atoms with Crippen molar-refractivity contribution >= 4 is 5.78 Å². The standard InChI is InChI=1S/C35H59NO3/c1-7-13-32(36-29(8-2)9-3)26-14-12-15-30(24-26)39-23-21-35(20-18-33(38)31(35)10-4)28-17-16-27(19-22-37)34(6,11-5)25-28/h12,14-15,24,27-29,31-32,36-37H,7-11,13,16-23,25H2,1-6H3/t27?,28?,31?,32?,34-,35?/m1/s1. The molecule has 2 N–H and O–H groups in total. The van der Waals surface area contributed by atoms with E-state index in [0.717, 1.165) is 70.0 Å². The van der Waals surface area contributed by atoms with Gasteiger partial charge in [-0.2, -0.15) is 0 Å². The van der Waals surface area contributed by atoms with Gasteiger partial charge in [-0.25, -0.2) is 0 Å². The molecule has 2 saturated carbocycles. The number of benzene rings is 1. The van der Waals surface area contributed by atoms with Crippen LogP contribution in [-0.4, -0.2) is 30.1 Å². The van der Waals surface area contributed by atoms with Crippen molar-refractivity contribution < 1.29 is 14.6 Å². The van der Waals surface area contributed by atoms with Gasteiger partial charge in [-0.15, -0.1) is 0 Å². The van der Waals surface area contributed by atoms with Crippen LogP contribution in [0.5, 0.6) is 5.75 Å². The summed E-state index contributed by atoms with van der Waals surface area (Å²) in [5.74, 6) is 2.73. The molecule has 2 aliphatic carbocycles. The highest BCUT2D eigenvalue weighted by atomic mass is 16.5. The summed E-state index contributed by atoms with van der Waals surface area (Å²) in [4.78, 5) is 13.1. The Hall–Kier alpha value is -1.39. The predicted molar refractivity (Wildman–Crippen MR) is 163 cm³/mol. The summed E-state index contributed by atoms with van der Waals surface area (Å²) in [7, 11) is 0.